The van der Waals surface area contributed by atoms with Crippen molar-refractivity contribution in [2.24, 2.45) is 5.73 Å². The average Bonchev–Trinajstić information content (AvgIpc) is 3.19. The minimum atomic E-state index is 0. The lowest BCUT2D eigenvalue weighted by atomic mass is 10.1. The number of halogens is 2. The van der Waals surface area contributed by atoms with Crippen LogP contribution in [-0.2, 0) is 4.79 Å². The Balaban J connectivity index is 0. The van der Waals surface area contributed by atoms with E-state index in [0.29, 0.717) is 12.5 Å². The van der Waals surface area contributed by atoms with Gasteiger partial charge in [-0.3, -0.25) is 9.69 Å². The van der Waals surface area contributed by atoms with Crippen molar-refractivity contribution in [1.82, 2.24) is 10.2 Å². The third-order valence-corrected chi connectivity index (χ3v) is 3.77. The van der Waals surface area contributed by atoms with Crippen LogP contribution in [0.1, 0.15) is 51.9 Å². The predicted molar refractivity (Wildman–Crippen MR) is 89.9 cm³/mol. The number of hydrogen-bond donors (Lipinski definition) is 2. The number of likely N-dealkylation sites (N-methyl/N-ethyl adjacent to an activating group) is 1. The zero-order valence-electron chi connectivity index (χ0n) is 12.8. The number of carbonyl (C=O) groups excluding carboxylic acids is 1. The van der Waals surface area contributed by atoms with Crippen molar-refractivity contribution in [2.75, 3.05) is 20.1 Å². The van der Waals surface area contributed by atoms with Crippen LogP contribution in [-0.4, -0.2) is 43.0 Å². The minimum absolute atomic E-state index is 0. The second kappa shape index (κ2) is 12.7. The van der Waals surface area contributed by atoms with Crippen LogP contribution in [0.4, 0.5) is 0 Å². The molecule has 0 aromatic rings. The fraction of sp³-hybridized carbons (Fsp3) is 0.929. The van der Waals surface area contributed by atoms with Gasteiger partial charge in [-0.25, -0.2) is 0 Å². The van der Waals surface area contributed by atoms with Gasteiger partial charge in [0.15, 0.2) is 0 Å². The van der Waals surface area contributed by atoms with Crippen molar-refractivity contribution >= 4 is 30.7 Å². The molecule has 1 saturated carbocycles. The van der Waals surface area contributed by atoms with Gasteiger partial charge in [-0.15, -0.1) is 24.8 Å². The second-order valence-electron chi connectivity index (χ2n) is 5.50. The number of carbonyl (C=O) groups is 1. The van der Waals surface area contributed by atoms with E-state index in [9.17, 15) is 4.79 Å². The first-order valence-corrected chi connectivity index (χ1v) is 7.34. The number of nitrogens with zero attached hydrogens (tertiary/aromatic N) is 1. The molecule has 3 N–H and O–H groups in total. The Labute approximate surface area is 136 Å². The van der Waals surface area contributed by atoms with Gasteiger partial charge in [0.1, 0.15) is 0 Å². The molecule has 1 aliphatic carbocycles. The minimum Gasteiger partial charge on any atom is -0.355 e. The molecule has 0 aromatic carbocycles. The summed E-state index contributed by atoms with van der Waals surface area (Å²) < 4.78 is 0. The number of nitrogens with two attached hydrogens (primary N) is 1. The van der Waals surface area contributed by atoms with Crippen molar-refractivity contribution in [3.05, 3.63) is 0 Å². The summed E-state index contributed by atoms with van der Waals surface area (Å²) in [6.45, 7) is 3.71. The molecule has 1 fully saturated rings. The molecule has 20 heavy (non-hydrogen) atoms. The average molecular weight is 328 g/mol. The molecule has 0 aromatic heterocycles. The Morgan fingerprint density at radius 3 is 2.40 bits per heavy atom. The predicted octanol–water partition coefficient (Wildman–Crippen LogP) is 2.34. The van der Waals surface area contributed by atoms with E-state index in [2.05, 4.69) is 24.2 Å². The van der Waals surface area contributed by atoms with Crippen LogP contribution in [0.5, 0.6) is 0 Å². The molecule has 4 nitrogen and oxygen atoms in total. The van der Waals surface area contributed by atoms with Crippen LogP contribution in [0.25, 0.3) is 0 Å². The summed E-state index contributed by atoms with van der Waals surface area (Å²) in [6.07, 6.45) is 7.60. The van der Waals surface area contributed by atoms with Gasteiger partial charge in [-0.1, -0.05) is 12.8 Å². The summed E-state index contributed by atoms with van der Waals surface area (Å²) in [5, 5.41) is 3.03. The second-order valence-corrected chi connectivity index (χ2v) is 5.50. The Morgan fingerprint density at radius 1 is 1.25 bits per heavy atom. The van der Waals surface area contributed by atoms with E-state index < -0.39 is 0 Å². The van der Waals surface area contributed by atoms with E-state index in [0.717, 1.165) is 44.8 Å². The fourth-order valence-corrected chi connectivity index (χ4v) is 2.12. The molecular weight excluding hydrogens is 297 g/mol. The first-order valence-electron chi connectivity index (χ1n) is 7.34. The van der Waals surface area contributed by atoms with E-state index in [1.54, 1.807) is 0 Å². The zero-order chi connectivity index (χ0) is 13.4. The Kier molecular flexibility index (Phi) is 14.1. The normalized spacial score (nSPS) is 15.2. The van der Waals surface area contributed by atoms with Gasteiger partial charge in [0.05, 0.1) is 0 Å². The SMILES string of the molecule is CC(CNC(=O)CCCCCCN)N(C)C1CC1.Cl.Cl. The maximum Gasteiger partial charge on any atom is 0.220 e. The van der Waals surface area contributed by atoms with Gasteiger partial charge in [0, 0.05) is 25.0 Å². The van der Waals surface area contributed by atoms with Gasteiger partial charge in [-0.2, -0.15) is 0 Å². The summed E-state index contributed by atoms with van der Waals surface area (Å²) in [5.74, 6) is 0.193. The van der Waals surface area contributed by atoms with Gasteiger partial charge in [0.25, 0.3) is 0 Å². The summed E-state index contributed by atoms with van der Waals surface area (Å²) in [7, 11) is 2.15. The molecule has 0 saturated heterocycles. The van der Waals surface area contributed by atoms with Crippen LogP contribution in [0.15, 0.2) is 0 Å². The van der Waals surface area contributed by atoms with Crippen molar-refractivity contribution in [3.8, 4) is 0 Å². The van der Waals surface area contributed by atoms with Crippen molar-refractivity contribution in [3.63, 3.8) is 0 Å². The quantitative estimate of drug-likeness (QED) is 0.605. The number of rotatable bonds is 10. The monoisotopic (exact) mass is 327 g/mol. The van der Waals surface area contributed by atoms with E-state index in [-0.39, 0.29) is 30.7 Å². The van der Waals surface area contributed by atoms with Gasteiger partial charge in [0.2, 0.25) is 5.91 Å². The van der Waals surface area contributed by atoms with Crippen LogP contribution >= 0.6 is 24.8 Å². The van der Waals surface area contributed by atoms with Crippen molar-refractivity contribution in [1.29, 1.82) is 0 Å². The molecule has 0 radical (unpaired) electrons. The molecule has 122 valence electrons. The lowest BCUT2D eigenvalue weighted by molar-refractivity contribution is -0.121. The van der Waals surface area contributed by atoms with Gasteiger partial charge in [-0.05, 0) is 46.2 Å². The molecule has 1 aliphatic rings. The molecule has 1 rings (SSSR count). The summed E-state index contributed by atoms with van der Waals surface area (Å²) >= 11 is 0. The maximum atomic E-state index is 11.6. The molecule has 0 heterocycles. The topological polar surface area (TPSA) is 58.4 Å². The van der Waals surface area contributed by atoms with E-state index in [1.807, 2.05) is 0 Å². The Bertz CT molecular complexity index is 251. The lowest BCUT2D eigenvalue weighted by Crippen LogP contribution is -2.41. The fourth-order valence-electron chi connectivity index (χ4n) is 2.12. The number of hydrogen-bond acceptors (Lipinski definition) is 3. The van der Waals surface area contributed by atoms with Crippen LogP contribution < -0.4 is 11.1 Å². The standard InChI is InChI=1S/C14H29N3O.2ClH/c1-12(17(2)13-8-9-13)11-16-14(18)7-5-3-4-6-10-15;;/h12-13H,3-11,15H2,1-2H3,(H,16,18);2*1H. The highest BCUT2D eigenvalue weighted by Crippen LogP contribution is 2.26. The number of nitrogens with one attached hydrogen (secondary N) is 1. The molecule has 0 spiro atoms. The molecule has 0 aliphatic heterocycles. The van der Waals surface area contributed by atoms with Crippen molar-refractivity contribution < 1.29 is 4.79 Å². The maximum absolute atomic E-state index is 11.6. The number of unbranched alkanes of at least 4 members (excludes halogenated alkanes) is 3. The van der Waals surface area contributed by atoms with Gasteiger partial charge >= 0.3 is 0 Å². The lowest BCUT2D eigenvalue weighted by Gasteiger charge is -2.24. The molecule has 1 atom stereocenters. The highest BCUT2D eigenvalue weighted by Gasteiger charge is 2.28. The van der Waals surface area contributed by atoms with Crippen LogP contribution in [0, 0.1) is 0 Å². The van der Waals surface area contributed by atoms with Crippen LogP contribution in [0.2, 0.25) is 0 Å². The third kappa shape index (κ3) is 9.81. The van der Waals surface area contributed by atoms with E-state index >= 15 is 0 Å². The molecule has 1 amide bonds. The summed E-state index contributed by atoms with van der Waals surface area (Å²) in [6, 6.07) is 1.20. The number of amides is 1. The Morgan fingerprint density at radius 2 is 1.85 bits per heavy atom. The highest BCUT2D eigenvalue weighted by molar-refractivity contribution is 5.85. The van der Waals surface area contributed by atoms with Crippen LogP contribution in [0.3, 0.4) is 0 Å². The molecule has 1 unspecified atom stereocenters. The highest BCUT2D eigenvalue weighted by atomic mass is 35.5. The molecule has 6 heteroatoms. The summed E-state index contributed by atoms with van der Waals surface area (Å²) in [5.41, 5.74) is 5.43. The Hall–Kier alpha value is -0.0300. The van der Waals surface area contributed by atoms with Crippen molar-refractivity contribution in [2.45, 2.75) is 64.0 Å². The third-order valence-electron chi connectivity index (χ3n) is 3.77. The first kappa shape index (κ1) is 22.3. The molecular formula is C14H31Cl2N3O. The van der Waals surface area contributed by atoms with E-state index in [1.165, 1.54) is 12.8 Å². The first-order chi connectivity index (χ1) is 8.65. The smallest absolute Gasteiger partial charge is 0.220 e. The van der Waals surface area contributed by atoms with E-state index in [4.69, 9.17) is 5.73 Å². The zero-order valence-corrected chi connectivity index (χ0v) is 14.4. The van der Waals surface area contributed by atoms with Gasteiger partial charge < -0.3 is 11.1 Å². The summed E-state index contributed by atoms with van der Waals surface area (Å²) in [4.78, 5) is 14.0. The molecule has 0 bridgehead atoms. The largest absolute Gasteiger partial charge is 0.355 e.